The second kappa shape index (κ2) is 4.70. The number of nitrogens with two attached hydrogens (primary N) is 1. The number of imidazole rings is 1. The number of hydrogen-bond donors (Lipinski definition) is 1. The molecule has 0 atom stereocenters. The standard InChI is InChI=1S/C13H11N5/c1-9-4-10(5-14)2-3-12(9)18-8-17-11(6-15)13(18)7-16/h2-4,8H,5,14H2,1H3. The van der Waals surface area contributed by atoms with Gasteiger partial charge in [-0.05, 0) is 24.1 Å². The highest BCUT2D eigenvalue weighted by Crippen LogP contribution is 2.19. The largest absolute Gasteiger partial charge is 0.326 e. The van der Waals surface area contributed by atoms with Crippen LogP contribution in [0.1, 0.15) is 22.5 Å². The van der Waals surface area contributed by atoms with E-state index in [0.29, 0.717) is 6.54 Å². The van der Waals surface area contributed by atoms with Gasteiger partial charge in [0.15, 0.2) is 11.4 Å². The van der Waals surface area contributed by atoms with Crippen LogP contribution in [-0.2, 0) is 6.54 Å². The van der Waals surface area contributed by atoms with E-state index < -0.39 is 0 Å². The van der Waals surface area contributed by atoms with Crippen LogP contribution in [0.25, 0.3) is 5.69 Å². The fourth-order valence-electron chi connectivity index (χ4n) is 1.83. The van der Waals surface area contributed by atoms with Gasteiger partial charge in [-0.25, -0.2) is 4.98 Å². The summed E-state index contributed by atoms with van der Waals surface area (Å²) in [5, 5.41) is 18.0. The minimum absolute atomic E-state index is 0.139. The van der Waals surface area contributed by atoms with E-state index in [1.165, 1.54) is 6.33 Å². The zero-order valence-electron chi connectivity index (χ0n) is 9.88. The van der Waals surface area contributed by atoms with Gasteiger partial charge in [0.25, 0.3) is 0 Å². The molecule has 1 aromatic carbocycles. The molecule has 1 aromatic heterocycles. The Morgan fingerprint density at radius 2 is 2.11 bits per heavy atom. The van der Waals surface area contributed by atoms with Gasteiger partial charge in [-0.2, -0.15) is 10.5 Å². The highest BCUT2D eigenvalue weighted by Gasteiger charge is 2.12. The Bertz CT molecular complexity index is 670. The molecule has 0 saturated heterocycles. The van der Waals surface area contributed by atoms with E-state index in [9.17, 15) is 0 Å². The lowest BCUT2D eigenvalue weighted by atomic mass is 10.1. The number of aryl methyl sites for hydroxylation is 1. The SMILES string of the molecule is Cc1cc(CN)ccc1-n1cnc(C#N)c1C#N. The maximum absolute atomic E-state index is 9.09. The van der Waals surface area contributed by atoms with Crippen molar-refractivity contribution in [1.82, 2.24) is 9.55 Å². The van der Waals surface area contributed by atoms with Crippen LogP contribution in [0.3, 0.4) is 0 Å². The molecule has 0 radical (unpaired) electrons. The van der Waals surface area contributed by atoms with Crippen LogP contribution < -0.4 is 5.73 Å². The van der Waals surface area contributed by atoms with Gasteiger partial charge >= 0.3 is 0 Å². The highest BCUT2D eigenvalue weighted by atomic mass is 15.1. The third-order valence-electron chi connectivity index (χ3n) is 2.74. The molecule has 0 unspecified atom stereocenters. The number of hydrogen-bond acceptors (Lipinski definition) is 4. The molecule has 5 heteroatoms. The number of nitriles is 2. The van der Waals surface area contributed by atoms with Gasteiger partial charge in [0, 0.05) is 6.54 Å². The molecule has 2 aromatic rings. The number of benzene rings is 1. The Morgan fingerprint density at radius 1 is 1.33 bits per heavy atom. The van der Waals surface area contributed by atoms with Crippen LogP contribution in [-0.4, -0.2) is 9.55 Å². The average Bonchev–Trinajstić information content (AvgIpc) is 2.81. The predicted molar refractivity (Wildman–Crippen MR) is 65.6 cm³/mol. The van der Waals surface area contributed by atoms with Crippen molar-refractivity contribution in [2.45, 2.75) is 13.5 Å². The van der Waals surface area contributed by atoms with Crippen molar-refractivity contribution >= 4 is 0 Å². The first-order valence-electron chi connectivity index (χ1n) is 5.38. The van der Waals surface area contributed by atoms with Crippen molar-refractivity contribution in [1.29, 1.82) is 10.5 Å². The molecule has 0 bridgehead atoms. The monoisotopic (exact) mass is 237 g/mol. The number of rotatable bonds is 2. The van der Waals surface area contributed by atoms with Gasteiger partial charge in [0.05, 0.1) is 5.69 Å². The summed E-state index contributed by atoms with van der Waals surface area (Å²) in [5.41, 5.74) is 8.80. The molecule has 5 nitrogen and oxygen atoms in total. The van der Waals surface area contributed by atoms with Crippen LogP contribution in [0, 0.1) is 29.6 Å². The van der Waals surface area contributed by atoms with Gasteiger partial charge in [-0.1, -0.05) is 12.1 Å². The van der Waals surface area contributed by atoms with Crippen molar-refractivity contribution < 1.29 is 0 Å². The van der Waals surface area contributed by atoms with Gasteiger partial charge in [0.1, 0.15) is 18.5 Å². The zero-order valence-corrected chi connectivity index (χ0v) is 9.88. The molecule has 0 aliphatic rings. The quantitative estimate of drug-likeness (QED) is 0.854. The second-order valence-electron chi connectivity index (χ2n) is 3.86. The molecule has 0 spiro atoms. The number of nitrogens with zero attached hydrogens (tertiary/aromatic N) is 4. The molecule has 88 valence electrons. The van der Waals surface area contributed by atoms with Crippen molar-refractivity contribution in [2.24, 2.45) is 5.73 Å². The Morgan fingerprint density at radius 3 is 2.67 bits per heavy atom. The smallest absolute Gasteiger partial charge is 0.177 e. The summed E-state index contributed by atoms with van der Waals surface area (Å²) < 4.78 is 1.62. The molecule has 0 aliphatic heterocycles. The summed E-state index contributed by atoms with van der Waals surface area (Å²) in [7, 11) is 0. The fourth-order valence-corrected chi connectivity index (χ4v) is 1.83. The average molecular weight is 237 g/mol. The first-order valence-corrected chi connectivity index (χ1v) is 5.38. The van der Waals surface area contributed by atoms with E-state index in [-0.39, 0.29) is 11.4 Å². The Kier molecular flexibility index (Phi) is 3.09. The molecule has 0 fully saturated rings. The lowest BCUT2D eigenvalue weighted by molar-refractivity contribution is 1.00. The summed E-state index contributed by atoms with van der Waals surface area (Å²) in [5.74, 6) is 0. The molecule has 0 aliphatic carbocycles. The zero-order chi connectivity index (χ0) is 13.1. The van der Waals surface area contributed by atoms with E-state index >= 15 is 0 Å². The first-order chi connectivity index (χ1) is 8.71. The van der Waals surface area contributed by atoms with Gasteiger partial charge in [0.2, 0.25) is 0 Å². The molecule has 18 heavy (non-hydrogen) atoms. The maximum atomic E-state index is 9.09. The first kappa shape index (κ1) is 11.8. The lowest BCUT2D eigenvalue weighted by Crippen LogP contribution is -2.02. The molecule has 2 rings (SSSR count). The molecule has 1 heterocycles. The summed E-state index contributed by atoms with van der Waals surface area (Å²) >= 11 is 0. The number of aromatic nitrogens is 2. The Labute approximate surface area is 105 Å². The van der Waals surface area contributed by atoms with E-state index in [0.717, 1.165) is 16.8 Å². The van der Waals surface area contributed by atoms with Crippen LogP contribution in [0.2, 0.25) is 0 Å². The van der Waals surface area contributed by atoms with Gasteiger partial charge < -0.3 is 5.73 Å². The van der Waals surface area contributed by atoms with Crippen molar-refractivity contribution in [3.8, 4) is 17.8 Å². The highest BCUT2D eigenvalue weighted by molar-refractivity contribution is 5.49. The summed E-state index contributed by atoms with van der Waals surface area (Å²) in [6.07, 6.45) is 1.49. The van der Waals surface area contributed by atoms with E-state index in [1.807, 2.05) is 37.3 Å². The van der Waals surface area contributed by atoms with Crippen LogP contribution in [0.15, 0.2) is 24.5 Å². The van der Waals surface area contributed by atoms with Gasteiger partial charge in [-0.3, -0.25) is 4.57 Å². The normalized spacial score (nSPS) is 9.78. The van der Waals surface area contributed by atoms with Gasteiger partial charge in [-0.15, -0.1) is 0 Å². The van der Waals surface area contributed by atoms with Crippen molar-refractivity contribution in [3.63, 3.8) is 0 Å². The van der Waals surface area contributed by atoms with E-state index in [1.54, 1.807) is 4.57 Å². The topological polar surface area (TPSA) is 91.4 Å². The van der Waals surface area contributed by atoms with Crippen LogP contribution >= 0.6 is 0 Å². The summed E-state index contributed by atoms with van der Waals surface area (Å²) in [6.45, 7) is 2.40. The second-order valence-corrected chi connectivity index (χ2v) is 3.86. The molecule has 0 saturated carbocycles. The van der Waals surface area contributed by atoms with Crippen molar-refractivity contribution in [3.05, 3.63) is 47.0 Å². The molecule has 2 N–H and O–H groups in total. The summed E-state index contributed by atoms with van der Waals surface area (Å²) in [6, 6.07) is 9.64. The minimum atomic E-state index is 0.139. The Hall–Kier alpha value is -2.63. The molecule has 0 amide bonds. The van der Waals surface area contributed by atoms with Crippen LogP contribution in [0.5, 0.6) is 0 Å². The van der Waals surface area contributed by atoms with Crippen molar-refractivity contribution in [2.75, 3.05) is 0 Å². The minimum Gasteiger partial charge on any atom is -0.326 e. The lowest BCUT2D eigenvalue weighted by Gasteiger charge is -2.09. The summed E-state index contributed by atoms with van der Waals surface area (Å²) in [4.78, 5) is 3.92. The third kappa shape index (κ3) is 1.84. The van der Waals surface area contributed by atoms with E-state index in [2.05, 4.69) is 4.98 Å². The third-order valence-corrected chi connectivity index (χ3v) is 2.74. The van der Waals surface area contributed by atoms with E-state index in [4.69, 9.17) is 16.3 Å². The molecular formula is C13H11N5. The maximum Gasteiger partial charge on any atom is 0.177 e. The molecular weight excluding hydrogens is 226 g/mol. The Balaban J connectivity index is 2.60. The van der Waals surface area contributed by atoms with Crippen LogP contribution in [0.4, 0.5) is 0 Å². The predicted octanol–water partition coefficient (Wildman–Crippen LogP) is 1.38. The fraction of sp³-hybridized carbons (Fsp3) is 0.154.